The molecule has 0 heterocycles. The molecule has 0 aromatic heterocycles. The van der Waals surface area contributed by atoms with Gasteiger partial charge in [-0.05, 0) is 31.6 Å². The molecule has 0 aromatic carbocycles. The first-order chi connectivity index (χ1) is 6.19. The highest BCUT2D eigenvalue weighted by atomic mass is 16.5. The van der Waals surface area contributed by atoms with E-state index in [0.717, 1.165) is 32.1 Å². The molecule has 0 radical (unpaired) electrons. The van der Waals surface area contributed by atoms with Crippen molar-refractivity contribution in [1.82, 2.24) is 0 Å². The van der Waals surface area contributed by atoms with Gasteiger partial charge in [-0.3, -0.25) is 4.79 Å². The minimum Gasteiger partial charge on any atom is -0.469 e. The van der Waals surface area contributed by atoms with Crippen molar-refractivity contribution in [2.24, 2.45) is 17.1 Å². The van der Waals surface area contributed by atoms with Crippen molar-refractivity contribution in [2.45, 2.75) is 38.1 Å². The van der Waals surface area contributed by atoms with Crippen LogP contribution in [0.25, 0.3) is 0 Å². The maximum atomic E-state index is 11.7. The van der Waals surface area contributed by atoms with Gasteiger partial charge in [0.15, 0.2) is 0 Å². The van der Waals surface area contributed by atoms with Crippen molar-refractivity contribution < 1.29 is 9.53 Å². The van der Waals surface area contributed by atoms with Crippen molar-refractivity contribution in [3.05, 3.63) is 0 Å². The van der Waals surface area contributed by atoms with Crippen LogP contribution in [0.15, 0.2) is 0 Å². The number of hydrogen-bond donors (Lipinski definition) is 1. The summed E-state index contributed by atoms with van der Waals surface area (Å²) < 4.78 is 4.89. The molecule has 3 nitrogen and oxygen atoms in total. The van der Waals surface area contributed by atoms with Crippen molar-refractivity contribution in [3.63, 3.8) is 0 Å². The Labute approximate surface area is 78.6 Å². The molecule has 0 bridgehead atoms. The van der Waals surface area contributed by atoms with E-state index in [2.05, 4.69) is 0 Å². The number of methoxy groups -OCH3 is 1. The molecule has 74 valence electrons. The second kappa shape index (κ2) is 2.98. The highest BCUT2D eigenvalue weighted by molar-refractivity contribution is 5.78. The number of carbonyl (C=O) groups excluding carboxylic acids is 1. The summed E-state index contributed by atoms with van der Waals surface area (Å²) in [5.74, 6) is 0.470. The highest BCUT2D eigenvalue weighted by Crippen LogP contribution is 2.54. The summed E-state index contributed by atoms with van der Waals surface area (Å²) in [5, 5.41) is 0. The fourth-order valence-corrected chi connectivity index (χ4v) is 3.23. The van der Waals surface area contributed by atoms with Gasteiger partial charge in [0.1, 0.15) is 0 Å². The maximum absolute atomic E-state index is 11.7. The number of rotatable bonds is 1. The molecule has 0 aromatic rings. The fraction of sp³-hybridized carbons (Fsp3) is 0.900. The summed E-state index contributed by atoms with van der Waals surface area (Å²) in [6.07, 6.45) is 5.15. The zero-order chi connectivity index (χ0) is 9.47. The number of esters is 1. The van der Waals surface area contributed by atoms with Gasteiger partial charge in [-0.15, -0.1) is 0 Å². The largest absolute Gasteiger partial charge is 0.469 e. The molecule has 3 atom stereocenters. The smallest absolute Gasteiger partial charge is 0.312 e. The molecule has 3 heteroatoms. The SMILES string of the molecule is COC(=O)C12CCCC1CC(N)C2. The minimum atomic E-state index is -0.200. The number of carbonyl (C=O) groups is 1. The van der Waals surface area contributed by atoms with Crippen LogP contribution >= 0.6 is 0 Å². The van der Waals surface area contributed by atoms with Crippen LogP contribution in [0.2, 0.25) is 0 Å². The molecular formula is C10H17NO2. The van der Waals surface area contributed by atoms with Crippen LogP contribution in [-0.2, 0) is 9.53 Å². The van der Waals surface area contributed by atoms with E-state index in [-0.39, 0.29) is 17.4 Å². The molecule has 0 aliphatic heterocycles. The first-order valence-corrected chi connectivity index (χ1v) is 5.03. The monoisotopic (exact) mass is 183 g/mol. The number of fused-ring (bicyclic) bond motifs is 1. The van der Waals surface area contributed by atoms with Crippen LogP contribution < -0.4 is 5.73 Å². The Bertz CT molecular complexity index is 229. The summed E-state index contributed by atoms with van der Waals surface area (Å²) in [7, 11) is 1.48. The zero-order valence-corrected chi connectivity index (χ0v) is 8.08. The molecule has 2 N–H and O–H groups in total. The van der Waals surface area contributed by atoms with Crippen LogP contribution in [-0.4, -0.2) is 19.1 Å². The minimum absolute atomic E-state index is 0.0250. The van der Waals surface area contributed by atoms with Crippen LogP contribution in [0.5, 0.6) is 0 Å². The molecule has 0 saturated heterocycles. The lowest BCUT2D eigenvalue weighted by Crippen LogP contribution is -2.32. The molecule has 2 saturated carbocycles. The predicted molar refractivity (Wildman–Crippen MR) is 49.0 cm³/mol. The van der Waals surface area contributed by atoms with E-state index in [1.165, 1.54) is 7.11 Å². The molecule has 0 amide bonds. The predicted octanol–water partition coefficient (Wildman–Crippen LogP) is 1.07. The van der Waals surface area contributed by atoms with E-state index >= 15 is 0 Å². The Morgan fingerprint density at radius 3 is 3.08 bits per heavy atom. The maximum Gasteiger partial charge on any atom is 0.312 e. The molecule has 3 unspecified atom stereocenters. The van der Waals surface area contributed by atoms with E-state index in [0.29, 0.717) is 5.92 Å². The summed E-state index contributed by atoms with van der Waals surface area (Å²) in [6.45, 7) is 0. The van der Waals surface area contributed by atoms with E-state index in [4.69, 9.17) is 10.5 Å². The van der Waals surface area contributed by atoms with Gasteiger partial charge in [0, 0.05) is 6.04 Å². The first kappa shape index (κ1) is 9.00. The molecule has 0 spiro atoms. The van der Waals surface area contributed by atoms with E-state index in [9.17, 15) is 4.79 Å². The average Bonchev–Trinajstić information content (AvgIpc) is 2.59. The van der Waals surface area contributed by atoms with E-state index in [1.807, 2.05) is 0 Å². The van der Waals surface area contributed by atoms with Crippen molar-refractivity contribution in [1.29, 1.82) is 0 Å². The van der Waals surface area contributed by atoms with Crippen LogP contribution in [0.1, 0.15) is 32.1 Å². The lowest BCUT2D eigenvalue weighted by molar-refractivity contribution is -0.154. The number of hydrogen-bond acceptors (Lipinski definition) is 3. The Hall–Kier alpha value is -0.570. The highest BCUT2D eigenvalue weighted by Gasteiger charge is 2.54. The van der Waals surface area contributed by atoms with E-state index < -0.39 is 0 Å². The van der Waals surface area contributed by atoms with Gasteiger partial charge in [0.2, 0.25) is 0 Å². The van der Waals surface area contributed by atoms with Gasteiger partial charge in [-0.25, -0.2) is 0 Å². The fourth-order valence-electron chi connectivity index (χ4n) is 3.23. The molecule has 2 aliphatic rings. The van der Waals surface area contributed by atoms with Crippen molar-refractivity contribution in [2.75, 3.05) is 7.11 Å². The standard InChI is InChI=1S/C10H17NO2/c1-13-9(12)10-4-2-3-7(10)5-8(11)6-10/h7-8H,2-6,11H2,1H3. The van der Waals surface area contributed by atoms with Gasteiger partial charge < -0.3 is 10.5 Å². The van der Waals surface area contributed by atoms with Crippen LogP contribution in [0.4, 0.5) is 0 Å². The molecule has 2 rings (SSSR count). The lowest BCUT2D eigenvalue weighted by Gasteiger charge is -2.25. The third-order valence-electron chi connectivity index (χ3n) is 3.76. The van der Waals surface area contributed by atoms with Gasteiger partial charge in [-0.2, -0.15) is 0 Å². The quantitative estimate of drug-likeness (QED) is 0.618. The van der Waals surface area contributed by atoms with Gasteiger partial charge in [0.25, 0.3) is 0 Å². The zero-order valence-electron chi connectivity index (χ0n) is 8.08. The van der Waals surface area contributed by atoms with Crippen LogP contribution in [0, 0.1) is 11.3 Å². The van der Waals surface area contributed by atoms with E-state index in [1.54, 1.807) is 0 Å². The summed E-state index contributed by atoms with van der Waals surface area (Å²) in [5.41, 5.74) is 5.69. The Morgan fingerprint density at radius 1 is 1.62 bits per heavy atom. The second-order valence-electron chi connectivity index (χ2n) is 4.44. The Morgan fingerprint density at radius 2 is 2.38 bits per heavy atom. The van der Waals surface area contributed by atoms with Gasteiger partial charge in [0.05, 0.1) is 12.5 Å². The molecule has 13 heavy (non-hydrogen) atoms. The Kier molecular flexibility index (Phi) is 2.06. The topological polar surface area (TPSA) is 52.3 Å². The normalized spacial score (nSPS) is 43.2. The van der Waals surface area contributed by atoms with Gasteiger partial charge in [-0.1, -0.05) is 6.42 Å². The number of ether oxygens (including phenoxy) is 1. The van der Waals surface area contributed by atoms with Gasteiger partial charge >= 0.3 is 5.97 Å². The third kappa shape index (κ3) is 1.17. The van der Waals surface area contributed by atoms with Crippen molar-refractivity contribution in [3.8, 4) is 0 Å². The summed E-state index contributed by atoms with van der Waals surface area (Å²) in [6, 6.07) is 0.212. The Balaban J connectivity index is 2.23. The average molecular weight is 183 g/mol. The number of nitrogens with two attached hydrogens (primary N) is 1. The molecular weight excluding hydrogens is 166 g/mol. The molecule has 2 aliphatic carbocycles. The lowest BCUT2D eigenvalue weighted by atomic mass is 9.80. The molecule has 2 fully saturated rings. The third-order valence-corrected chi connectivity index (χ3v) is 3.76. The second-order valence-corrected chi connectivity index (χ2v) is 4.44. The van der Waals surface area contributed by atoms with Crippen LogP contribution in [0.3, 0.4) is 0 Å². The summed E-state index contributed by atoms with van der Waals surface area (Å²) >= 11 is 0. The summed E-state index contributed by atoms with van der Waals surface area (Å²) in [4.78, 5) is 11.7. The first-order valence-electron chi connectivity index (χ1n) is 5.03. The van der Waals surface area contributed by atoms with Crippen molar-refractivity contribution >= 4 is 5.97 Å².